The fourth-order valence-corrected chi connectivity index (χ4v) is 2.57. The van der Waals surface area contributed by atoms with Crippen molar-refractivity contribution in [2.24, 2.45) is 0 Å². The number of fused-ring (bicyclic) bond motifs is 1. The van der Waals surface area contributed by atoms with Crippen molar-refractivity contribution in [3.8, 4) is 0 Å². The summed E-state index contributed by atoms with van der Waals surface area (Å²) in [5, 5.41) is 19.7. The summed E-state index contributed by atoms with van der Waals surface area (Å²) in [6.07, 6.45) is 2.12. The van der Waals surface area contributed by atoms with E-state index in [2.05, 4.69) is 9.97 Å². The van der Waals surface area contributed by atoms with Gasteiger partial charge in [-0.1, -0.05) is 0 Å². The van der Waals surface area contributed by atoms with Crippen molar-refractivity contribution in [3.63, 3.8) is 0 Å². The van der Waals surface area contributed by atoms with Crippen molar-refractivity contribution < 1.29 is 14.9 Å². The van der Waals surface area contributed by atoms with Gasteiger partial charge in [0.25, 0.3) is 0 Å². The smallest absolute Gasteiger partial charge is 0.147 e. The molecule has 102 valence electrons. The minimum absolute atomic E-state index is 0.201. The number of aryl methyl sites for hydroxylation is 1. The SMILES string of the molecule is Cc1cn([C@H]2C[C@H](O)[C@@H](CO)O2)c2ncnc(N)c12. The van der Waals surface area contributed by atoms with Crippen molar-refractivity contribution in [2.75, 3.05) is 12.3 Å². The summed E-state index contributed by atoms with van der Waals surface area (Å²) in [4.78, 5) is 8.21. The molecule has 3 heterocycles. The van der Waals surface area contributed by atoms with E-state index in [9.17, 15) is 5.11 Å². The van der Waals surface area contributed by atoms with Gasteiger partial charge in [0.05, 0.1) is 18.1 Å². The third kappa shape index (κ3) is 1.86. The third-order valence-electron chi connectivity index (χ3n) is 3.52. The lowest BCUT2D eigenvalue weighted by atomic mass is 10.2. The number of nitrogens with zero attached hydrogens (tertiary/aromatic N) is 3. The minimum atomic E-state index is -0.674. The minimum Gasteiger partial charge on any atom is -0.394 e. The molecule has 7 nitrogen and oxygen atoms in total. The van der Waals surface area contributed by atoms with Gasteiger partial charge < -0.3 is 25.3 Å². The van der Waals surface area contributed by atoms with E-state index in [1.54, 1.807) is 0 Å². The van der Waals surface area contributed by atoms with Gasteiger partial charge in [-0.2, -0.15) is 0 Å². The van der Waals surface area contributed by atoms with E-state index in [1.807, 2.05) is 17.7 Å². The monoisotopic (exact) mass is 264 g/mol. The van der Waals surface area contributed by atoms with E-state index in [1.165, 1.54) is 6.33 Å². The Labute approximate surface area is 109 Å². The second-order valence-corrected chi connectivity index (χ2v) is 4.79. The average molecular weight is 264 g/mol. The molecule has 0 aliphatic carbocycles. The fraction of sp³-hybridized carbons (Fsp3) is 0.500. The van der Waals surface area contributed by atoms with Gasteiger partial charge >= 0.3 is 0 Å². The van der Waals surface area contributed by atoms with Crippen LogP contribution in [-0.4, -0.2) is 43.6 Å². The normalized spacial score (nSPS) is 27.2. The van der Waals surface area contributed by atoms with E-state index >= 15 is 0 Å². The first-order valence-corrected chi connectivity index (χ1v) is 6.13. The van der Waals surface area contributed by atoms with Crippen LogP contribution in [0.15, 0.2) is 12.5 Å². The van der Waals surface area contributed by atoms with Crippen LogP contribution < -0.4 is 5.73 Å². The molecule has 7 heteroatoms. The van der Waals surface area contributed by atoms with Crippen LogP contribution in [0.1, 0.15) is 18.2 Å². The maximum atomic E-state index is 9.80. The third-order valence-corrected chi connectivity index (χ3v) is 3.52. The molecule has 4 N–H and O–H groups in total. The van der Waals surface area contributed by atoms with Crippen LogP contribution in [0.2, 0.25) is 0 Å². The first kappa shape index (κ1) is 12.3. The van der Waals surface area contributed by atoms with E-state index in [0.717, 1.165) is 10.9 Å². The summed E-state index contributed by atoms with van der Waals surface area (Å²) in [5.74, 6) is 0.429. The Morgan fingerprint density at radius 3 is 3.00 bits per heavy atom. The van der Waals surface area contributed by atoms with Crippen molar-refractivity contribution in [1.82, 2.24) is 14.5 Å². The van der Waals surface area contributed by atoms with Gasteiger partial charge in [-0.25, -0.2) is 9.97 Å². The Morgan fingerprint density at radius 2 is 2.32 bits per heavy atom. The summed E-state index contributed by atoms with van der Waals surface area (Å²) in [6.45, 7) is 1.72. The van der Waals surface area contributed by atoms with Crippen LogP contribution in [0.3, 0.4) is 0 Å². The highest BCUT2D eigenvalue weighted by Crippen LogP contribution is 2.33. The molecular weight excluding hydrogens is 248 g/mol. The summed E-state index contributed by atoms with van der Waals surface area (Å²) in [6, 6.07) is 0. The highest BCUT2D eigenvalue weighted by Gasteiger charge is 2.35. The Balaban J connectivity index is 2.05. The molecule has 0 unspecified atom stereocenters. The molecule has 1 aliphatic rings. The number of nitrogens with two attached hydrogens (primary N) is 1. The zero-order valence-corrected chi connectivity index (χ0v) is 10.5. The van der Waals surface area contributed by atoms with Crippen LogP contribution in [-0.2, 0) is 4.74 Å². The number of aromatic nitrogens is 3. The van der Waals surface area contributed by atoms with E-state index in [-0.39, 0.29) is 12.8 Å². The predicted molar refractivity (Wildman–Crippen MR) is 68.3 cm³/mol. The lowest BCUT2D eigenvalue weighted by Crippen LogP contribution is -2.24. The number of ether oxygens (including phenoxy) is 1. The molecule has 0 aromatic carbocycles. The highest BCUT2D eigenvalue weighted by atomic mass is 16.5. The average Bonchev–Trinajstić information content (AvgIpc) is 2.91. The second kappa shape index (κ2) is 4.44. The Hall–Kier alpha value is -1.70. The van der Waals surface area contributed by atoms with Crippen LogP contribution in [0.4, 0.5) is 5.82 Å². The largest absolute Gasteiger partial charge is 0.394 e. The number of rotatable bonds is 2. The molecule has 2 aromatic heterocycles. The first-order valence-electron chi connectivity index (χ1n) is 6.13. The molecule has 1 aliphatic heterocycles. The number of anilines is 1. The maximum Gasteiger partial charge on any atom is 0.147 e. The lowest BCUT2D eigenvalue weighted by Gasteiger charge is -2.14. The molecule has 3 atom stereocenters. The molecule has 1 saturated heterocycles. The van der Waals surface area contributed by atoms with Crippen molar-refractivity contribution in [3.05, 3.63) is 18.1 Å². The number of hydrogen-bond acceptors (Lipinski definition) is 6. The van der Waals surface area contributed by atoms with Gasteiger partial charge in [0, 0.05) is 12.6 Å². The summed E-state index contributed by atoms with van der Waals surface area (Å²) in [7, 11) is 0. The standard InChI is InChI=1S/C12H16N4O3/c1-6-3-16(9-2-7(18)8(4-17)19-9)12-10(6)11(13)14-5-15-12/h3,5,7-9,17-18H,2,4H2,1H3,(H2,13,14,15)/t7-,8+,9+/m0/s1. The van der Waals surface area contributed by atoms with E-state index in [4.69, 9.17) is 15.6 Å². The quantitative estimate of drug-likeness (QED) is 0.703. The molecule has 1 fully saturated rings. The van der Waals surface area contributed by atoms with Crippen LogP contribution in [0.25, 0.3) is 11.0 Å². The lowest BCUT2D eigenvalue weighted by molar-refractivity contribution is -0.0430. The zero-order chi connectivity index (χ0) is 13.6. The molecule has 0 radical (unpaired) electrons. The molecule has 2 aromatic rings. The number of nitrogen functional groups attached to an aromatic ring is 1. The molecule has 0 amide bonds. The van der Waals surface area contributed by atoms with Gasteiger partial charge in [0.1, 0.15) is 30.1 Å². The van der Waals surface area contributed by atoms with E-state index < -0.39 is 12.2 Å². The highest BCUT2D eigenvalue weighted by molar-refractivity contribution is 5.89. The van der Waals surface area contributed by atoms with Gasteiger partial charge in [0.2, 0.25) is 0 Å². The Kier molecular flexibility index (Phi) is 2.89. The molecule has 3 rings (SSSR count). The maximum absolute atomic E-state index is 9.80. The van der Waals surface area contributed by atoms with Crippen molar-refractivity contribution in [1.29, 1.82) is 0 Å². The van der Waals surface area contributed by atoms with Crippen LogP contribution in [0.5, 0.6) is 0 Å². The van der Waals surface area contributed by atoms with Crippen LogP contribution in [0, 0.1) is 6.92 Å². The number of hydrogen-bond donors (Lipinski definition) is 3. The summed E-state index contributed by atoms with van der Waals surface area (Å²) < 4.78 is 7.47. The van der Waals surface area contributed by atoms with E-state index in [0.29, 0.717) is 17.9 Å². The second-order valence-electron chi connectivity index (χ2n) is 4.79. The molecule has 19 heavy (non-hydrogen) atoms. The van der Waals surface area contributed by atoms with Gasteiger partial charge in [-0.3, -0.25) is 0 Å². The first-order chi connectivity index (χ1) is 9.11. The summed E-state index contributed by atoms with van der Waals surface area (Å²) in [5.41, 5.74) is 7.49. The van der Waals surface area contributed by atoms with Gasteiger partial charge in [-0.05, 0) is 12.5 Å². The van der Waals surface area contributed by atoms with Gasteiger partial charge in [-0.15, -0.1) is 0 Å². The van der Waals surface area contributed by atoms with Crippen LogP contribution >= 0.6 is 0 Å². The zero-order valence-electron chi connectivity index (χ0n) is 10.5. The van der Waals surface area contributed by atoms with Crippen molar-refractivity contribution >= 4 is 16.9 Å². The van der Waals surface area contributed by atoms with Crippen molar-refractivity contribution in [2.45, 2.75) is 31.8 Å². The van der Waals surface area contributed by atoms with Gasteiger partial charge in [0.15, 0.2) is 0 Å². The molecule has 0 saturated carbocycles. The Bertz CT molecular complexity index is 612. The Morgan fingerprint density at radius 1 is 1.53 bits per heavy atom. The molecular formula is C12H16N4O3. The number of aliphatic hydroxyl groups excluding tert-OH is 2. The molecule has 0 bridgehead atoms. The summed E-state index contributed by atoms with van der Waals surface area (Å²) >= 11 is 0. The topological polar surface area (TPSA) is 106 Å². The predicted octanol–water partition coefficient (Wildman–Crippen LogP) is -0.0374. The molecule has 0 spiro atoms. The fourth-order valence-electron chi connectivity index (χ4n) is 2.57. The number of aliphatic hydroxyl groups is 2.